The Kier molecular flexibility index (Phi) is 15.0. The molecule has 0 saturated carbocycles. The molecule has 0 aliphatic rings. The molecule has 198 valence electrons. The van der Waals surface area contributed by atoms with E-state index in [9.17, 15) is 5.11 Å². The number of phenols is 1. The molecule has 1 N–H and O–H groups in total. The normalized spacial score (nSPS) is 14.4. The molecule has 2 atom stereocenters. The Balaban J connectivity index is 3.12. The maximum atomic E-state index is 9.95. The molecule has 0 heterocycles. The fraction of sp³-hybridized carbons (Fsp3) is 0.739. The van der Waals surface area contributed by atoms with Crippen LogP contribution in [-0.2, 0) is 5.41 Å². The predicted octanol–water partition coefficient (Wildman–Crippen LogP) is 7.94. The van der Waals surface area contributed by atoms with Gasteiger partial charge in [0.15, 0.2) is 0 Å². The third kappa shape index (κ3) is 12.5. The van der Waals surface area contributed by atoms with Crippen LogP contribution in [0.3, 0.4) is 0 Å². The number of aromatic hydroxyl groups is 1. The lowest BCUT2D eigenvalue weighted by Crippen LogP contribution is -2.32. The van der Waals surface area contributed by atoms with Crippen LogP contribution in [0.4, 0.5) is 0 Å². The molecule has 1 rings (SSSR count). The fourth-order valence-electron chi connectivity index (χ4n) is 4.94. The van der Waals surface area contributed by atoms with Gasteiger partial charge in [0.2, 0.25) is 0 Å². The second-order valence-electron chi connectivity index (χ2n) is 11.1. The van der Waals surface area contributed by atoms with Gasteiger partial charge in [0.05, 0.1) is 8.07 Å². The van der Waals surface area contributed by atoms with Crippen molar-refractivity contribution in [1.29, 1.82) is 0 Å². The van der Waals surface area contributed by atoms with E-state index in [0.29, 0.717) is 18.5 Å². The highest BCUT2D eigenvalue weighted by Gasteiger charge is 2.32. The van der Waals surface area contributed by atoms with Crippen LogP contribution < -0.4 is 0 Å². The van der Waals surface area contributed by atoms with Crippen LogP contribution in [0.15, 0.2) is 39.6 Å². The van der Waals surface area contributed by atoms with Crippen molar-refractivity contribution in [2.45, 2.75) is 88.3 Å². The summed E-state index contributed by atoms with van der Waals surface area (Å²) in [4.78, 5) is 8.84. The van der Waals surface area contributed by atoms with Crippen molar-refractivity contribution < 1.29 is 5.11 Å². The minimum atomic E-state index is -1.60. The molecule has 0 bridgehead atoms. The first-order valence-corrected chi connectivity index (χ1v) is 22.0. The van der Waals surface area contributed by atoms with Crippen LogP contribution in [0.1, 0.15) is 44.1 Å². The topological polar surface area (TPSA) is 167 Å². The van der Waals surface area contributed by atoms with Gasteiger partial charge in [-0.3, -0.25) is 0 Å². The van der Waals surface area contributed by atoms with E-state index in [0.717, 1.165) is 56.7 Å². The Morgan fingerprint density at radius 2 is 1.28 bits per heavy atom. The number of benzene rings is 1. The lowest BCUT2D eigenvalue weighted by Gasteiger charge is -2.37. The summed E-state index contributed by atoms with van der Waals surface area (Å²) in [6, 6.07) is 11.1. The summed E-state index contributed by atoms with van der Waals surface area (Å²) >= 11 is 0. The first kappa shape index (κ1) is 31.6. The maximum Gasteiger partial charge on any atom is 0.115 e. The van der Waals surface area contributed by atoms with Gasteiger partial charge in [-0.1, -0.05) is 91.1 Å². The second kappa shape index (κ2) is 17.1. The zero-order valence-corrected chi connectivity index (χ0v) is 25.7. The first-order valence-electron chi connectivity index (χ1n) is 13.0. The average molecular weight is 546 g/mol. The highest BCUT2D eigenvalue weighted by molar-refractivity contribution is 6.77. The van der Waals surface area contributed by atoms with Gasteiger partial charge in [0.25, 0.3) is 0 Å². The summed E-state index contributed by atoms with van der Waals surface area (Å²) in [7, 11) is -3.75. The van der Waals surface area contributed by atoms with Crippen molar-refractivity contribution in [3.63, 3.8) is 0 Å². The molecule has 0 spiro atoms. The van der Waals surface area contributed by atoms with Crippen LogP contribution in [0.25, 0.3) is 31.3 Å². The molecule has 1 aromatic carbocycles. The molecular weight excluding hydrogens is 503 g/mol. The van der Waals surface area contributed by atoms with E-state index in [1.54, 1.807) is 12.1 Å². The smallest absolute Gasteiger partial charge is 0.115 e. The van der Waals surface area contributed by atoms with Crippen LogP contribution in [0.5, 0.6) is 5.75 Å². The van der Waals surface area contributed by atoms with Gasteiger partial charge in [-0.05, 0) is 59.0 Å². The molecule has 10 nitrogen and oxygen atoms in total. The van der Waals surface area contributed by atoms with E-state index in [1.807, 2.05) is 0 Å². The van der Waals surface area contributed by atoms with Gasteiger partial charge in [-0.25, -0.2) is 0 Å². The third-order valence-corrected chi connectivity index (χ3v) is 14.2. The van der Waals surface area contributed by atoms with E-state index in [1.165, 1.54) is 5.56 Å². The molecule has 1 aromatic rings. The zero-order valence-electron chi connectivity index (χ0n) is 22.4. The highest BCUT2D eigenvalue weighted by Crippen LogP contribution is 2.41. The number of hydrogen-bond donors (Lipinski definition) is 1. The molecule has 0 radical (unpaired) electrons. The standard InChI is InChI=1S/C23H43N9OSi3/c1-34(18-27-30-24)15-5-12-23(21-8-10-22(33)11-9-21,13-6-16-35(2)19-28-31-25)14-7-17-36(3,4)20-29-32-26/h8-11,33-35H,5-7,12-20H2,1-4H3. The van der Waals surface area contributed by atoms with Crippen LogP contribution in [0.2, 0.25) is 44.3 Å². The maximum absolute atomic E-state index is 9.95. The SMILES string of the molecule is C[SiH](CCCC(CCC[SiH](C)CN=[N+]=[N-])(CCC[Si](C)(C)CN=[N+]=[N-])c1ccc(O)cc1)CN=[N+]=[N-]. The molecule has 0 saturated heterocycles. The molecule has 0 fully saturated rings. The number of nitrogens with zero attached hydrogens (tertiary/aromatic N) is 9. The van der Waals surface area contributed by atoms with E-state index in [4.69, 9.17) is 16.6 Å². The Morgan fingerprint density at radius 3 is 1.75 bits per heavy atom. The second-order valence-corrected chi connectivity index (χ2v) is 22.5. The Morgan fingerprint density at radius 1 is 0.806 bits per heavy atom. The number of azide groups is 3. The summed E-state index contributed by atoms with van der Waals surface area (Å²) in [5.74, 6) is 0.279. The fourth-order valence-corrected chi connectivity index (χ4v) is 9.55. The van der Waals surface area contributed by atoms with Crippen LogP contribution in [-0.4, -0.2) is 49.3 Å². The van der Waals surface area contributed by atoms with Crippen molar-refractivity contribution >= 4 is 25.7 Å². The Hall–Kier alpha value is -2.40. The largest absolute Gasteiger partial charge is 0.508 e. The van der Waals surface area contributed by atoms with Crippen molar-refractivity contribution in [3.8, 4) is 5.75 Å². The van der Waals surface area contributed by atoms with Gasteiger partial charge in [0.1, 0.15) is 5.75 Å². The molecular formula is C23H43N9OSi3. The van der Waals surface area contributed by atoms with E-state index in [-0.39, 0.29) is 11.2 Å². The first-order chi connectivity index (χ1) is 17.2. The van der Waals surface area contributed by atoms with Crippen molar-refractivity contribution in [2.24, 2.45) is 15.3 Å². The summed E-state index contributed by atoms with van der Waals surface area (Å²) in [5, 5.41) is 21.4. The van der Waals surface area contributed by atoms with Crippen molar-refractivity contribution in [3.05, 3.63) is 61.2 Å². The minimum absolute atomic E-state index is 0.00983. The zero-order chi connectivity index (χ0) is 26.9. The highest BCUT2D eigenvalue weighted by atomic mass is 28.3. The number of phenolic OH excluding ortho intramolecular Hbond substituents is 1. The van der Waals surface area contributed by atoms with Crippen LogP contribution in [0, 0.1) is 0 Å². The molecule has 0 aromatic heterocycles. The van der Waals surface area contributed by atoms with E-state index in [2.05, 4.69) is 68.4 Å². The molecule has 13 heteroatoms. The number of rotatable bonds is 19. The van der Waals surface area contributed by atoms with Gasteiger partial charge in [-0.2, -0.15) is 0 Å². The monoisotopic (exact) mass is 545 g/mol. The summed E-state index contributed by atoms with van der Waals surface area (Å²) in [6.07, 6.45) is 8.41. The molecule has 36 heavy (non-hydrogen) atoms. The number of hydrogen-bond acceptors (Lipinski definition) is 4. The van der Waals surface area contributed by atoms with Crippen molar-refractivity contribution in [2.75, 3.05) is 18.5 Å². The lowest BCUT2D eigenvalue weighted by atomic mass is 9.70. The Bertz CT molecular complexity index is 893. The molecule has 0 amide bonds. The molecule has 0 aliphatic heterocycles. The van der Waals surface area contributed by atoms with Gasteiger partial charge in [-0.15, -0.1) is 0 Å². The lowest BCUT2D eigenvalue weighted by molar-refractivity contribution is 0.325. The van der Waals surface area contributed by atoms with Crippen LogP contribution >= 0.6 is 0 Å². The quantitative estimate of drug-likeness (QED) is 0.0792. The summed E-state index contributed by atoms with van der Waals surface area (Å²) < 4.78 is 0. The average Bonchev–Trinajstić information content (AvgIpc) is 2.85. The minimum Gasteiger partial charge on any atom is -0.508 e. The van der Waals surface area contributed by atoms with Gasteiger partial charge < -0.3 is 5.11 Å². The van der Waals surface area contributed by atoms with Gasteiger partial charge in [0, 0.05) is 50.8 Å². The van der Waals surface area contributed by atoms with E-state index >= 15 is 0 Å². The van der Waals surface area contributed by atoms with E-state index < -0.39 is 25.7 Å². The third-order valence-electron chi connectivity index (χ3n) is 7.17. The summed E-state index contributed by atoms with van der Waals surface area (Å²) in [5.41, 5.74) is 27.4. The Labute approximate surface area is 219 Å². The van der Waals surface area contributed by atoms with Gasteiger partial charge >= 0.3 is 0 Å². The predicted molar refractivity (Wildman–Crippen MR) is 157 cm³/mol. The van der Waals surface area contributed by atoms with Crippen molar-refractivity contribution in [1.82, 2.24) is 0 Å². The molecule has 0 aliphatic carbocycles. The summed E-state index contributed by atoms with van der Waals surface area (Å²) in [6.45, 7) is 9.11. The molecule has 2 unspecified atom stereocenters.